The van der Waals surface area contributed by atoms with E-state index in [1.54, 1.807) is 0 Å². The van der Waals surface area contributed by atoms with Crippen LogP contribution in [-0.4, -0.2) is 10.7 Å². The highest BCUT2D eigenvalue weighted by molar-refractivity contribution is 5.68. The number of aromatic hydroxyl groups is 1. The van der Waals surface area contributed by atoms with E-state index in [0.29, 0.717) is 11.7 Å². The molecule has 1 aromatic rings. The lowest BCUT2D eigenvalue weighted by molar-refractivity contribution is 0.0379. The summed E-state index contributed by atoms with van der Waals surface area (Å²) >= 11 is 0. The summed E-state index contributed by atoms with van der Waals surface area (Å²) < 4.78 is 6.19. The molecule has 4 rings (SSSR count). The van der Waals surface area contributed by atoms with Crippen molar-refractivity contribution >= 4 is 6.08 Å². The third-order valence-electron chi connectivity index (χ3n) is 5.04. The number of hydrogen-bond donors (Lipinski definition) is 1. The molecule has 1 spiro atoms. The molecule has 2 saturated carbocycles. The first kappa shape index (κ1) is 11.4. The van der Waals surface area contributed by atoms with Gasteiger partial charge in [0, 0.05) is 0 Å². The summed E-state index contributed by atoms with van der Waals surface area (Å²) in [4.78, 5) is 0. The maximum absolute atomic E-state index is 10.2. The van der Waals surface area contributed by atoms with Crippen molar-refractivity contribution in [2.75, 3.05) is 0 Å². The van der Waals surface area contributed by atoms with Crippen LogP contribution in [0.1, 0.15) is 62.0 Å². The minimum atomic E-state index is -0.0618. The lowest BCUT2D eigenvalue weighted by atomic mass is 9.78. The summed E-state index contributed by atoms with van der Waals surface area (Å²) in [7, 11) is 0. The molecule has 1 aromatic carbocycles. The second-order valence-corrected chi connectivity index (χ2v) is 6.29. The molecule has 0 unspecified atom stereocenters. The summed E-state index contributed by atoms with van der Waals surface area (Å²) in [6, 6.07) is 4.12. The van der Waals surface area contributed by atoms with Crippen molar-refractivity contribution in [1.82, 2.24) is 0 Å². The smallest absolute Gasteiger partial charge is 0.131 e. The average molecular weight is 256 g/mol. The molecule has 3 aliphatic rings. The van der Waals surface area contributed by atoms with E-state index in [-0.39, 0.29) is 5.60 Å². The second-order valence-electron chi connectivity index (χ2n) is 6.29. The van der Waals surface area contributed by atoms with Gasteiger partial charge >= 0.3 is 0 Å². The minimum absolute atomic E-state index is 0.0618. The van der Waals surface area contributed by atoms with E-state index in [9.17, 15) is 5.11 Å². The average Bonchev–Trinajstić information content (AvgIpc) is 2.90. The Labute approximate surface area is 114 Å². The Hall–Kier alpha value is -1.44. The third kappa shape index (κ3) is 1.77. The molecule has 1 aliphatic heterocycles. The topological polar surface area (TPSA) is 29.5 Å². The van der Waals surface area contributed by atoms with Gasteiger partial charge in [0.05, 0.1) is 5.56 Å². The van der Waals surface area contributed by atoms with Crippen LogP contribution in [0, 0.1) is 0 Å². The molecular formula is C17H20O2. The van der Waals surface area contributed by atoms with Crippen molar-refractivity contribution in [2.24, 2.45) is 0 Å². The highest BCUT2D eigenvalue weighted by Crippen LogP contribution is 2.47. The van der Waals surface area contributed by atoms with Gasteiger partial charge in [0.25, 0.3) is 0 Å². The van der Waals surface area contributed by atoms with Gasteiger partial charge in [-0.3, -0.25) is 0 Å². The normalized spacial score (nSPS) is 24.0. The Morgan fingerprint density at radius 3 is 2.58 bits per heavy atom. The first-order chi connectivity index (χ1) is 9.26. The third-order valence-corrected chi connectivity index (χ3v) is 5.04. The molecule has 0 bridgehead atoms. The molecule has 2 nitrogen and oxygen atoms in total. The highest BCUT2D eigenvalue weighted by atomic mass is 16.5. The van der Waals surface area contributed by atoms with Crippen LogP contribution in [0.3, 0.4) is 0 Å². The van der Waals surface area contributed by atoms with E-state index in [1.807, 2.05) is 12.1 Å². The van der Waals surface area contributed by atoms with E-state index >= 15 is 0 Å². The zero-order chi connectivity index (χ0) is 12.9. The van der Waals surface area contributed by atoms with Crippen LogP contribution in [0.4, 0.5) is 0 Å². The zero-order valence-corrected chi connectivity index (χ0v) is 11.2. The van der Waals surface area contributed by atoms with Crippen molar-refractivity contribution in [3.8, 4) is 11.5 Å². The Balaban J connectivity index is 1.73. The number of benzene rings is 1. The Kier molecular flexibility index (Phi) is 2.41. The van der Waals surface area contributed by atoms with Crippen molar-refractivity contribution in [1.29, 1.82) is 0 Å². The maximum Gasteiger partial charge on any atom is 0.131 e. The molecule has 19 heavy (non-hydrogen) atoms. The SMILES string of the molecule is Oc1cc(C2CCCC2)cc2c1C=CC1(CCC1)O2. The fourth-order valence-electron chi connectivity index (χ4n) is 3.66. The molecule has 0 aromatic heterocycles. The predicted octanol–water partition coefficient (Wildman–Crippen LogP) is 4.38. The monoisotopic (exact) mass is 256 g/mol. The lowest BCUT2D eigenvalue weighted by Gasteiger charge is -2.42. The van der Waals surface area contributed by atoms with Gasteiger partial charge in [-0.2, -0.15) is 0 Å². The predicted molar refractivity (Wildman–Crippen MR) is 75.6 cm³/mol. The van der Waals surface area contributed by atoms with Crippen LogP contribution in [-0.2, 0) is 0 Å². The van der Waals surface area contributed by atoms with Crippen molar-refractivity contribution in [3.63, 3.8) is 0 Å². The van der Waals surface area contributed by atoms with Crippen molar-refractivity contribution < 1.29 is 9.84 Å². The summed E-state index contributed by atoms with van der Waals surface area (Å²) in [6.07, 6.45) is 12.8. The Bertz CT molecular complexity index is 534. The molecule has 1 heterocycles. The molecule has 0 atom stereocenters. The second kappa shape index (κ2) is 4.03. The van der Waals surface area contributed by atoms with Gasteiger partial charge in [0.2, 0.25) is 0 Å². The summed E-state index contributed by atoms with van der Waals surface area (Å²) in [5, 5.41) is 10.2. The molecule has 0 saturated heterocycles. The van der Waals surface area contributed by atoms with Gasteiger partial charge < -0.3 is 9.84 Å². The molecule has 0 amide bonds. The van der Waals surface area contributed by atoms with E-state index in [4.69, 9.17) is 4.74 Å². The Morgan fingerprint density at radius 2 is 1.89 bits per heavy atom. The summed E-state index contributed by atoms with van der Waals surface area (Å²) in [5.41, 5.74) is 2.06. The molecule has 100 valence electrons. The van der Waals surface area contributed by atoms with E-state index < -0.39 is 0 Å². The van der Waals surface area contributed by atoms with Crippen LogP contribution in [0.2, 0.25) is 0 Å². The first-order valence-corrected chi connectivity index (χ1v) is 7.51. The van der Waals surface area contributed by atoms with E-state index in [1.165, 1.54) is 37.7 Å². The fourth-order valence-corrected chi connectivity index (χ4v) is 3.66. The van der Waals surface area contributed by atoms with Crippen LogP contribution in [0.15, 0.2) is 18.2 Å². The molecule has 2 heteroatoms. The highest BCUT2D eigenvalue weighted by Gasteiger charge is 2.39. The van der Waals surface area contributed by atoms with Gasteiger partial charge in [-0.25, -0.2) is 0 Å². The minimum Gasteiger partial charge on any atom is -0.507 e. The number of phenolic OH excluding ortho intramolecular Hbond substituents is 1. The Morgan fingerprint density at radius 1 is 1.11 bits per heavy atom. The van der Waals surface area contributed by atoms with Crippen LogP contribution in [0.25, 0.3) is 6.08 Å². The molecule has 2 fully saturated rings. The maximum atomic E-state index is 10.2. The van der Waals surface area contributed by atoms with Gasteiger partial charge in [-0.15, -0.1) is 0 Å². The van der Waals surface area contributed by atoms with Crippen LogP contribution < -0.4 is 4.74 Å². The number of ether oxygens (including phenoxy) is 1. The van der Waals surface area contributed by atoms with E-state index in [2.05, 4.69) is 12.1 Å². The van der Waals surface area contributed by atoms with Gasteiger partial charge in [0.15, 0.2) is 0 Å². The lowest BCUT2D eigenvalue weighted by Crippen LogP contribution is -2.42. The molecule has 2 aliphatic carbocycles. The number of rotatable bonds is 1. The molecular weight excluding hydrogens is 236 g/mol. The van der Waals surface area contributed by atoms with E-state index in [0.717, 1.165) is 24.2 Å². The quantitative estimate of drug-likeness (QED) is 0.808. The van der Waals surface area contributed by atoms with Crippen LogP contribution >= 0.6 is 0 Å². The first-order valence-electron chi connectivity index (χ1n) is 7.51. The number of hydrogen-bond acceptors (Lipinski definition) is 2. The van der Waals surface area contributed by atoms with Gasteiger partial charge in [0.1, 0.15) is 17.1 Å². The van der Waals surface area contributed by atoms with Gasteiger partial charge in [-0.05, 0) is 67.9 Å². The summed E-state index contributed by atoms with van der Waals surface area (Å²) in [6.45, 7) is 0. The van der Waals surface area contributed by atoms with Crippen LogP contribution in [0.5, 0.6) is 11.5 Å². The van der Waals surface area contributed by atoms with Crippen molar-refractivity contribution in [2.45, 2.75) is 56.5 Å². The number of fused-ring (bicyclic) bond motifs is 1. The largest absolute Gasteiger partial charge is 0.507 e. The summed E-state index contributed by atoms with van der Waals surface area (Å²) in [5.74, 6) is 1.89. The van der Waals surface area contributed by atoms with Gasteiger partial charge in [-0.1, -0.05) is 12.8 Å². The van der Waals surface area contributed by atoms with Crippen molar-refractivity contribution in [3.05, 3.63) is 29.3 Å². The zero-order valence-electron chi connectivity index (χ0n) is 11.2. The standard InChI is InChI=1S/C17H20O2/c18-15-10-13(12-4-1-2-5-12)11-16-14(15)6-9-17(19-16)7-3-8-17/h6,9-12,18H,1-5,7-8H2. The molecule has 1 N–H and O–H groups in total. The molecule has 0 radical (unpaired) electrons. The number of phenols is 1. The fraction of sp³-hybridized carbons (Fsp3) is 0.529.